The van der Waals surface area contributed by atoms with Crippen molar-refractivity contribution in [3.8, 4) is 0 Å². The first-order valence-corrected chi connectivity index (χ1v) is 26.5. The number of carbonyl (C=O) groups excluding carboxylic acids is 1. The van der Waals surface area contributed by atoms with Crippen molar-refractivity contribution in [1.82, 2.24) is 5.32 Å². The van der Waals surface area contributed by atoms with Crippen LogP contribution in [0.1, 0.15) is 245 Å². The van der Waals surface area contributed by atoms with E-state index >= 15 is 0 Å². The SMILES string of the molecule is CCCCCCCCC/C=C/[C@@H](O)[C@H](COP(=O)([O-])OCC[N+](C)(C)C)NC(=O)CCCCCCCCCCCCCCCCCCCCCCCCCCCCC. The third-order valence-electron chi connectivity index (χ3n) is 11.5. The van der Waals surface area contributed by atoms with Gasteiger partial charge in [0.2, 0.25) is 5.91 Å². The van der Waals surface area contributed by atoms with E-state index in [1.54, 1.807) is 6.08 Å². The van der Waals surface area contributed by atoms with E-state index in [4.69, 9.17) is 9.05 Å². The Morgan fingerprint density at radius 3 is 1.29 bits per heavy atom. The molecule has 0 aliphatic rings. The van der Waals surface area contributed by atoms with Gasteiger partial charge >= 0.3 is 0 Å². The number of hydrogen-bond acceptors (Lipinski definition) is 6. The number of aliphatic hydroxyl groups excluding tert-OH is 1. The molecule has 3 atom stereocenters. The predicted molar refractivity (Wildman–Crippen MR) is 247 cm³/mol. The predicted octanol–water partition coefficient (Wildman–Crippen LogP) is 13.7. The van der Waals surface area contributed by atoms with Crippen LogP contribution in [0.3, 0.4) is 0 Å². The molecule has 0 aliphatic heterocycles. The van der Waals surface area contributed by atoms with Crippen molar-refractivity contribution in [3.63, 3.8) is 0 Å². The number of nitrogens with zero attached hydrogens (tertiary/aromatic N) is 1. The van der Waals surface area contributed by atoms with E-state index < -0.39 is 20.0 Å². The molecule has 0 saturated carbocycles. The van der Waals surface area contributed by atoms with E-state index in [-0.39, 0.29) is 19.1 Å². The number of phosphoric acid groups is 1. The number of phosphoric ester groups is 1. The Morgan fingerprint density at radius 1 is 0.586 bits per heavy atom. The van der Waals surface area contributed by atoms with Gasteiger partial charge in [0.05, 0.1) is 39.9 Å². The number of aliphatic hydroxyl groups is 1. The second kappa shape index (κ2) is 41.6. The van der Waals surface area contributed by atoms with E-state index in [0.717, 1.165) is 38.5 Å². The number of unbranched alkanes of at least 4 members (excludes halogenated alkanes) is 33. The fourth-order valence-electron chi connectivity index (χ4n) is 7.51. The van der Waals surface area contributed by atoms with Gasteiger partial charge in [-0.05, 0) is 19.3 Å². The summed E-state index contributed by atoms with van der Waals surface area (Å²) < 4.78 is 23.2. The minimum Gasteiger partial charge on any atom is -0.756 e. The van der Waals surface area contributed by atoms with Gasteiger partial charge in [-0.1, -0.05) is 231 Å². The maximum Gasteiger partial charge on any atom is 0.268 e. The molecule has 0 rings (SSSR count). The lowest BCUT2D eigenvalue weighted by Gasteiger charge is -2.29. The maximum absolute atomic E-state index is 12.8. The quantitative estimate of drug-likeness (QED) is 0.0273. The van der Waals surface area contributed by atoms with E-state index in [9.17, 15) is 19.4 Å². The summed E-state index contributed by atoms with van der Waals surface area (Å²) in [7, 11) is 1.27. The molecule has 8 nitrogen and oxygen atoms in total. The van der Waals surface area contributed by atoms with Crippen LogP contribution < -0.4 is 10.2 Å². The molecule has 9 heteroatoms. The van der Waals surface area contributed by atoms with E-state index in [2.05, 4.69) is 19.2 Å². The van der Waals surface area contributed by atoms with Crippen LogP contribution in [0.5, 0.6) is 0 Å². The summed E-state index contributed by atoms with van der Waals surface area (Å²) in [5.74, 6) is -0.195. The zero-order valence-electron chi connectivity index (χ0n) is 39.3. The van der Waals surface area contributed by atoms with Gasteiger partial charge in [-0.3, -0.25) is 9.36 Å². The van der Waals surface area contributed by atoms with Crippen LogP contribution in [-0.2, 0) is 18.4 Å². The van der Waals surface area contributed by atoms with E-state index in [0.29, 0.717) is 17.4 Å². The second-order valence-corrected chi connectivity index (χ2v) is 19.9. The molecule has 1 amide bonds. The number of allylic oxidation sites excluding steroid dienone is 1. The number of nitrogens with one attached hydrogen (secondary N) is 1. The molecule has 0 aliphatic carbocycles. The summed E-state index contributed by atoms with van der Waals surface area (Å²) in [4.78, 5) is 25.3. The van der Waals surface area contributed by atoms with Crippen molar-refractivity contribution >= 4 is 13.7 Å². The summed E-state index contributed by atoms with van der Waals surface area (Å²) in [6, 6.07) is -0.879. The van der Waals surface area contributed by atoms with Crippen LogP contribution in [-0.4, -0.2) is 68.5 Å². The molecule has 2 N–H and O–H groups in total. The van der Waals surface area contributed by atoms with Gasteiger partial charge in [0.1, 0.15) is 13.2 Å². The molecule has 0 radical (unpaired) electrons. The summed E-state index contributed by atoms with van der Waals surface area (Å²) in [6.45, 7) is 4.64. The highest BCUT2D eigenvalue weighted by atomic mass is 31.2. The number of amides is 1. The molecule has 0 saturated heterocycles. The first-order valence-electron chi connectivity index (χ1n) is 25.1. The van der Waals surface area contributed by atoms with Crippen molar-refractivity contribution in [2.45, 2.75) is 257 Å². The average Bonchev–Trinajstić information content (AvgIpc) is 3.17. The van der Waals surface area contributed by atoms with Crippen LogP contribution in [0.2, 0.25) is 0 Å². The van der Waals surface area contributed by atoms with Crippen molar-refractivity contribution in [2.75, 3.05) is 40.9 Å². The monoisotopic (exact) mass is 843 g/mol. The molecule has 0 heterocycles. The van der Waals surface area contributed by atoms with Crippen molar-refractivity contribution < 1.29 is 32.9 Å². The Kier molecular flexibility index (Phi) is 41.0. The lowest BCUT2D eigenvalue weighted by atomic mass is 10.0. The Balaban J connectivity index is 4.02. The third-order valence-corrected chi connectivity index (χ3v) is 12.5. The summed E-state index contributed by atoms with van der Waals surface area (Å²) in [5.41, 5.74) is 0. The topological polar surface area (TPSA) is 108 Å². The fraction of sp³-hybridized carbons (Fsp3) is 0.939. The summed E-state index contributed by atoms with van der Waals surface area (Å²) >= 11 is 0. The minimum absolute atomic E-state index is 0.00182. The zero-order valence-corrected chi connectivity index (χ0v) is 40.2. The molecular weight excluding hydrogens is 744 g/mol. The van der Waals surface area contributed by atoms with E-state index in [1.807, 2.05) is 27.2 Å². The van der Waals surface area contributed by atoms with Gasteiger partial charge in [0, 0.05) is 6.42 Å². The average molecular weight is 843 g/mol. The Hall–Kier alpha value is -0.760. The molecule has 0 fully saturated rings. The number of rotatable bonds is 46. The lowest BCUT2D eigenvalue weighted by Crippen LogP contribution is -2.45. The number of carbonyl (C=O) groups is 1. The number of likely N-dealkylation sites (N-methyl/N-ethyl adjacent to an activating group) is 1. The van der Waals surface area contributed by atoms with Crippen molar-refractivity contribution in [2.24, 2.45) is 0 Å². The molecule has 58 heavy (non-hydrogen) atoms. The number of hydrogen-bond donors (Lipinski definition) is 2. The summed E-state index contributed by atoms with van der Waals surface area (Å²) in [6.07, 6.45) is 48.6. The molecular formula is C49H99N2O6P. The van der Waals surface area contributed by atoms with Crippen LogP contribution in [0.15, 0.2) is 12.2 Å². The standard InChI is InChI=1S/C49H99N2O6P/c1-6-8-10-12-14-16-17-18-19-20-21-22-23-24-25-26-27-28-29-30-31-32-33-35-37-39-41-43-49(53)50-47(46-57-58(54,55)56-45-44-51(3,4)5)48(52)42-40-38-36-34-15-13-11-9-7-2/h40,42,47-48,52H,6-39,41,43-46H2,1-5H3,(H-,50,53,54,55)/b42-40+/t47-,48+/m0/s1. The highest BCUT2D eigenvalue weighted by Gasteiger charge is 2.23. The Morgan fingerprint density at radius 2 is 0.931 bits per heavy atom. The van der Waals surface area contributed by atoms with Gasteiger partial charge in [-0.25, -0.2) is 0 Å². The molecule has 346 valence electrons. The third kappa shape index (κ3) is 43.3. The van der Waals surface area contributed by atoms with Gasteiger partial charge in [0.25, 0.3) is 7.82 Å². The largest absolute Gasteiger partial charge is 0.756 e. The molecule has 0 aromatic carbocycles. The molecule has 1 unspecified atom stereocenters. The van der Waals surface area contributed by atoms with Crippen LogP contribution >= 0.6 is 7.82 Å². The Labute approximate surface area is 361 Å². The highest BCUT2D eigenvalue weighted by molar-refractivity contribution is 7.45. The Bertz CT molecular complexity index is 958. The fourth-order valence-corrected chi connectivity index (χ4v) is 8.23. The minimum atomic E-state index is -4.58. The van der Waals surface area contributed by atoms with Gasteiger partial charge < -0.3 is 28.8 Å². The normalized spacial score (nSPS) is 14.3. The smallest absolute Gasteiger partial charge is 0.268 e. The molecule has 0 aromatic rings. The van der Waals surface area contributed by atoms with Gasteiger partial charge in [0.15, 0.2) is 0 Å². The first kappa shape index (κ1) is 57.2. The molecule has 0 bridgehead atoms. The van der Waals surface area contributed by atoms with Gasteiger partial charge in [-0.2, -0.15) is 0 Å². The highest BCUT2D eigenvalue weighted by Crippen LogP contribution is 2.38. The first-order chi connectivity index (χ1) is 28.0. The van der Waals surface area contributed by atoms with Crippen molar-refractivity contribution in [3.05, 3.63) is 12.2 Å². The lowest BCUT2D eigenvalue weighted by molar-refractivity contribution is -0.870. The van der Waals surface area contributed by atoms with Crippen molar-refractivity contribution in [1.29, 1.82) is 0 Å². The van der Waals surface area contributed by atoms with Crippen LogP contribution in [0.4, 0.5) is 0 Å². The van der Waals surface area contributed by atoms with Crippen LogP contribution in [0.25, 0.3) is 0 Å². The summed E-state index contributed by atoms with van der Waals surface area (Å²) in [5, 5.41) is 13.7. The van der Waals surface area contributed by atoms with Gasteiger partial charge in [-0.15, -0.1) is 0 Å². The maximum atomic E-state index is 12.8. The van der Waals surface area contributed by atoms with Crippen LogP contribution in [0, 0.1) is 0 Å². The second-order valence-electron chi connectivity index (χ2n) is 18.5. The van der Waals surface area contributed by atoms with E-state index in [1.165, 1.54) is 186 Å². The number of quaternary nitrogens is 1. The zero-order chi connectivity index (χ0) is 42.8. The molecule has 0 aromatic heterocycles. The molecule has 0 spiro atoms.